The predicted octanol–water partition coefficient (Wildman–Crippen LogP) is 1.31. The third kappa shape index (κ3) is 2.62. The van der Waals surface area contributed by atoms with Crippen molar-refractivity contribution < 1.29 is 9.53 Å². The molecule has 0 saturated heterocycles. The van der Waals surface area contributed by atoms with Gasteiger partial charge in [-0.1, -0.05) is 12.1 Å². The molecule has 0 spiro atoms. The molecular weight excluding hydrogens is 230 g/mol. The Kier molecular flexibility index (Phi) is 3.84. The molecule has 1 aromatic heterocycles. The molecule has 18 heavy (non-hydrogen) atoms. The highest BCUT2D eigenvalue weighted by Crippen LogP contribution is 2.11. The molecule has 1 heterocycles. The topological polar surface area (TPSA) is 64.1 Å². The van der Waals surface area contributed by atoms with E-state index >= 15 is 0 Å². The van der Waals surface area contributed by atoms with Crippen molar-refractivity contribution in [2.45, 2.75) is 6.92 Å². The standard InChI is InChI=1S/C13H15N3O2/c1-9-12(13(17)14-7-8-18-2)16-11-6-4-3-5-10(11)15-9/h3-6H,7-8H2,1-2H3,(H,14,17). The molecule has 0 radical (unpaired) electrons. The quantitative estimate of drug-likeness (QED) is 0.825. The number of aryl methyl sites for hydroxylation is 1. The summed E-state index contributed by atoms with van der Waals surface area (Å²) < 4.78 is 4.88. The first-order valence-electron chi connectivity index (χ1n) is 5.73. The zero-order chi connectivity index (χ0) is 13.0. The molecular formula is C13H15N3O2. The van der Waals surface area contributed by atoms with E-state index in [-0.39, 0.29) is 5.91 Å². The normalized spacial score (nSPS) is 10.6. The number of nitrogens with one attached hydrogen (secondary N) is 1. The first-order valence-corrected chi connectivity index (χ1v) is 5.73. The number of aromatic nitrogens is 2. The third-order valence-electron chi connectivity index (χ3n) is 2.55. The van der Waals surface area contributed by atoms with Gasteiger partial charge in [0.2, 0.25) is 0 Å². The van der Waals surface area contributed by atoms with Gasteiger partial charge in [0.15, 0.2) is 0 Å². The van der Waals surface area contributed by atoms with Crippen molar-refractivity contribution in [3.63, 3.8) is 0 Å². The lowest BCUT2D eigenvalue weighted by Gasteiger charge is -2.07. The first kappa shape index (κ1) is 12.4. The fourth-order valence-electron chi connectivity index (χ4n) is 1.65. The Morgan fingerprint density at radius 1 is 1.28 bits per heavy atom. The van der Waals surface area contributed by atoms with Gasteiger partial charge in [-0.2, -0.15) is 0 Å². The van der Waals surface area contributed by atoms with E-state index in [4.69, 9.17) is 4.74 Å². The van der Waals surface area contributed by atoms with Gasteiger partial charge in [0.25, 0.3) is 5.91 Å². The van der Waals surface area contributed by atoms with Crippen molar-refractivity contribution in [3.05, 3.63) is 35.7 Å². The molecule has 2 aromatic rings. The molecule has 5 heteroatoms. The first-order chi connectivity index (χ1) is 8.72. The van der Waals surface area contributed by atoms with Gasteiger partial charge in [-0.3, -0.25) is 4.79 Å². The van der Waals surface area contributed by atoms with Crippen LogP contribution in [0.4, 0.5) is 0 Å². The zero-order valence-electron chi connectivity index (χ0n) is 10.4. The van der Waals surface area contributed by atoms with Crippen LogP contribution in [0.15, 0.2) is 24.3 Å². The Morgan fingerprint density at radius 2 is 1.94 bits per heavy atom. The number of carbonyl (C=O) groups is 1. The minimum Gasteiger partial charge on any atom is -0.383 e. The second-order valence-electron chi connectivity index (χ2n) is 3.90. The number of rotatable bonds is 4. The molecule has 0 bridgehead atoms. The second kappa shape index (κ2) is 5.55. The van der Waals surface area contributed by atoms with Gasteiger partial charge < -0.3 is 10.1 Å². The molecule has 1 N–H and O–H groups in total. The number of methoxy groups -OCH3 is 1. The van der Waals surface area contributed by atoms with Crippen LogP contribution in [0, 0.1) is 6.92 Å². The van der Waals surface area contributed by atoms with Crippen molar-refractivity contribution in [2.75, 3.05) is 20.3 Å². The van der Waals surface area contributed by atoms with E-state index < -0.39 is 0 Å². The van der Waals surface area contributed by atoms with Gasteiger partial charge in [0.05, 0.1) is 23.3 Å². The van der Waals surface area contributed by atoms with Crippen LogP contribution in [0.3, 0.4) is 0 Å². The molecule has 0 aliphatic carbocycles. The van der Waals surface area contributed by atoms with E-state index in [1.807, 2.05) is 24.3 Å². The highest BCUT2D eigenvalue weighted by molar-refractivity contribution is 5.95. The van der Waals surface area contributed by atoms with Crippen LogP contribution in [-0.4, -0.2) is 36.1 Å². The van der Waals surface area contributed by atoms with Crippen molar-refractivity contribution in [1.29, 1.82) is 0 Å². The lowest BCUT2D eigenvalue weighted by Crippen LogP contribution is -2.28. The fraction of sp³-hybridized carbons (Fsp3) is 0.308. The number of ether oxygens (including phenoxy) is 1. The van der Waals surface area contributed by atoms with Gasteiger partial charge >= 0.3 is 0 Å². The third-order valence-corrected chi connectivity index (χ3v) is 2.55. The van der Waals surface area contributed by atoms with Crippen LogP contribution in [0.2, 0.25) is 0 Å². The molecule has 2 rings (SSSR count). The molecule has 1 aromatic carbocycles. The monoisotopic (exact) mass is 245 g/mol. The summed E-state index contributed by atoms with van der Waals surface area (Å²) in [5, 5.41) is 2.74. The molecule has 0 aliphatic rings. The molecule has 94 valence electrons. The van der Waals surface area contributed by atoms with E-state index in [1.54, 1.807) is 14.0 Å². The summed E-state index contributed by atoms with van der Waals surface area (Å²) in [5.74, 6) is -0.220. The molecule has 0 aliphatic heterocycles. The van der Waals surface area contributed by atoms with E-state index in [0.29, 0.717) is 24.5 Å². The Morgan fingerprint density at radius 3 is 2.61 bits per heavy atom. The minimum atomic E-state index is -0.220. The summed E-state index contributed by atoms with van der Waals surface area (Å²) in [6.45, 7) is 2.72. The molecule has 1 amide bonds. The largest absolute Gasteiger partial charge is 0.383 e. The van der Waals surface area contributed by atoms with Gasteiger partial charge in [0, 0.05) is 13.7 Å². The molecule has 0 atom stereocenters. The van der Waals surface area contributed by atoms with Gasteiger partial charge in [-0.05, 0) is 19.1 Å². The second-order valence-corrected chi connectivity index (χ2v) is 3.90. The number of hydrogen-bond acceptors (Lipinski definition) is 4. The SMILES string of the molecule is COCCNC(=O)c1nc2ccccc2nc1C. The van der Waals surface area contributed by atoms with Crippen LogP contribution >= 0.6 is 0 Å². The number of benzene rings is 1. The lowest BCUT2D eigenvalue weighted by molar-refractivity contribution is 0.0931. The Balaban J connectivity index is 2.27. The van der Waals surface area contributed by atoms with Crippen LogP contribution in [0.1, 0.15) is 16.2 Å². The summed E-state index contributed by atoms with van der Waals surface area (Å²) in [4.78, 5) is 20.6. The van der Waals surface area contributed by atoms with Crippen LogP contribution in [0.25, 0.3) is 11.0 Å². The smallest absolute Gasteiger partial charge is 0.271 e. The average molecular weight is 245 g/mol. The summed E-state index contributed by atoms with van der Waals surface area (Å²) in [5.41, 5.74) is 2.51. The number of fused-ring (bicyclic) bond motifs is 1. The average Bonchev–Trinajstić information content (AvgIpc) is 2.38. The molecule has 0 fully saturated rings. The maximum absolute atomic E-state index is 11.9. The highest BCUT2D eigenvalue weighted by Gasteiger charge is 2.12. The zero-order valence-corrected chi connectivity index (χ0v) is 10.4. The fourth-order valence-corrected chi connectivity index (χ4v) is 1.65. The number of hydrogen-bond donors (Lipinski definition) is 1. The van der Waals surface area contributed by atoms with Crippen molar-refractivity contribution in [2.24, 2.45) is 0 Å². The predicted molar refractivity (Wildman–Crippen MR) is 68.5 cm³/mol. The van der Waals surface area contributed by atoms with Gasteiger partial charge in [0.1, 0.15) is 5.69 Å². The van der Waals surface area contributed by atoms with E-state index in [1.165, 1.54) is 0 Å². The van der Waals surface area contributed by atoms with Gasteiger partial charge in [-0.25, -0.2) is 9.97 Å². The summed E-state index contributed by atoms with van der Waals surface area (Å²) in [6, 6.07) is 7.49. The summed E-state index contributed by atoms with van der Waals surface area (Å²) in [6.07, 6.45) is 0. The van der Waals surface area contributed by atoms with Crippen molar-refractivity contribution in [3.8, 4) is 0 Å². The van der Waals surface area contributed by atoms with Crippen molar-refractivity contribution in [1.82, 2.24) is 15.3 Å². The summed E-state index contributed by atoms with van der Waals surface area (Å²) in [7, 11) is 1.59. The minimum absolute atomic E-state index is 0.220. The van der Waals surface area contributed by atoms with Gasteiger partial charge in [-0.15, -0.1) is 0 Å². The molecule has 0 saturated carbocycles. The Bertz CT molecular complexity index is 569. The lowest BCUT2D eigenvalue weighted by atomic mass is 10.2. The highest BCUT2D eigenvalue weighted by atomic mass is 16.5. The van der Waals surface area contributed by atoms with Crippen LogP contribution < -0.4 is 5.32 Å². The van der Waals surface area contributed by atoms with Crippen LogP contribution in [0.5, 0.6) is 0 Å². The van der Waals surface area contributed by atoms with E-state index in [9.17, 15) is 4.79 Å². The maximum Gasteiger partial charge on any atom is 0.271 e. The summed E-state index contributed by atoms with van der Waals surface area (Å²) >= 11 is 0. The van der Waals surface area contributed by atoms with Crippen molar-refractivity contribution >= 4 is 16.9 Å². The van der Waals surface area contributed by atoms with Crippen LogP contribution in [-0.2, 0) is 4.74 Å². The Labute approximate surface area is 105 Å². The molecule has 5 nitrogen and oxygen atoms in total. The number of nitrogens with zero attached hydrogens (tertiary/aromatic N) is 2. The maximum atomic E-state index is 11.9. The Hall–Kier alpha value is -2.01. The number of amides is 1. The van der Waals surface area contributed by atoms with E-state index in [2.05, 4.69) is 15.3 Å². The molecule has 0 unspecified atom stereocenters. The van der Waals surface area contributed by atoms with E-state index in [0.717, 1.165) is 11.0 Å². The number of para-hydroxylation sites is 2. The number of carbonyl (C=O) groups excluding carboxylic acids is 1.